The minimum atomic E-state index is -0.0841. The molecule has 0 radical (unpaired) electrons. The first-order valence-electron chi connectivity index (χ1n) is 6.28. The lowest BCUT2D eigenvalue weighted by molar-refractivity contribution is -0.121. The zero-order valence-corrected chi connectivity index (χ0v) is 10.7. The van der Waals surface area contributed by atoms with Crippen LogP contribution >= 0.6 is 0 Å². The summed E-state index contributed by atoms with van der Waals surface area (Å²) in [5.41, 5.74) is 6.96. The summed E-state index contributed by atoms with van der Waals surface area (Å²) in [6.45, 7) is 2.19. The third-order valence-electron chi connectivity index (χ3n) is 2.97. The molecule has 6 heteroatoms. The second-order valence-corrected chi connectivity index (χ2v) is 4.55. The van der Waals surface area contributed by atoms with Crippen LogP contribution in [0.3, 0.4) is 0 Å². The number of hydrogen-bond donors (Lipinski definition) is 3. The van der Waals surface area contributed by atoms with E-state index >= 15 is 0 Å². The van der Waals surface area contributed by atoms with Gasteiger partial charge in [0.2, 0.25) is 11.8 Å². The van der Waals surface area contributed by atoms with E-state index in [2.05, 4.69) is 10.6 Å². The van der Waals surface area contributed by atoms with Gasteiger partial charge in [0.15, 0.2) is 0 Å². The first kappa shape index (κ1) is 13.4. The number of nitrogens with two attached hydrogens (primary N) is 1. The Morgan fingerprint density at radius 1 is 1.32 bits per heavy atom. The van der Waals surface area contributed by atoms with Crippen LogP contribution in [0.15, 0.2) is 24.3 Å². The fourth-order valence-electron chi connectivity index (χ4n) is 1.94. The molecule has 4 N–H and O–H groups in total. The third kappa shape index (κ3) is 4.26. The monoisotopic (exact) mass is 262 g/mol. The van der Waals surface area contributed by atoms with Gasteiger partial charge in [-0.2, -0.15) is 0 Å². The summed E-state index contributed by atoms with van der Waals surface area (Å²) in [6, 6.07) is 7.01. The Kier molecular flexibility index (Phi) is 4.35. The molecule has 2 amide bonds. The minimum Gasteiger partial charge on any atom is -0.399 e. The van der Waals surface area contributed by atoms with E-state index in [0.717, 1.165) is 5.69 Å². The zero-order chi connectivity index (χ0) is 13.7. The molecule has 1 aromatic rings. The Bertz CT molecular complexity index is 458. The number of nitrogen functional groups attached to an aromatic ring is 1. The van der Waals surface area contributed by atoms with Crippen molar-refractivity contribution in [1.82, 2.24) is 10.2 Å². The average Bonchev–Trinajstić information content (AvgIpc) is 2.57. The van der Waals surface area contributed by atoms with Gasteiger partial charge in [-0.05, 0) is 24.3 Å². The van der Waals surface area contributed by atoms with E-state index in [0.29, 0.717) is 38.3 Å². The number of rotatable bonds is 3. The van der Waals surface area contributed by atoms with Gasteiger partial charge in [0, 0.05) is 37.4 Å². The fourth-order valence-corrected chi connectivity index (χ4v) is 1.94. The van der Waals surface area contributed by atoms with Crippen molar-refractivity contribution in [1.29, 1.82) is 0 Å². The molecule has 1 saturated heterocycles. The standard InChI is InChI=1S/C13H18N4O2/c14-10-1-3-11(4-2-10)16-13(19)9-17-7-5-12(18)15-6-8-17/h1-4H,5-9,14H2,(H,15,18)(H,16,19). The Hall–Kier alpha value is -2.08. The van der Waals surface area contributed by atoms with Crippen LogP contribution < -0.4 is 16.4 Å². The summed E-state index contributed by atoms with van der Waals surface area (Å²) in [7, 11) is 0. The van der Waals surface area contributed by atoms with E-state index in [9.17, 15) is 9.59 Å². The molecule has 0 unspecified atom stereocenters. The molecule has 102 valence electrons. The van der Waals surface area contributed by atoms with Crippen molar-refractivity contribution in [3.8, 4) is 0 Å². The van der Waals surface area contributed by atoms with E-state index in [-0.39, 0.29) is 11.8 Å². The van der Waals surface area contributed by atoms with Crippen LogP contribution in [0.25, 0.3) is 0 Å². The molecule has 0 spiro atoms. The number of anilines is 2. The lowest BCUT2D eigenvalue weighted by atomic mass is 10.3. The smallest absolute Gasteiger partial charge is 0.238 e. The normalized spacial score (nSPS) is 16.5. The average molecular weight is 262 g/mol. The number of hydrogen-bond acceptors (Lipinski definition) is 4. The van der Waals surface area contributed by atoms with Crippen molar-refractivity contribution in [2.24, 2.45) is 0 Å². The molecule has 0 saturated carbocycles. The molecule has 6 nitrogen and oxygen atoms in total. The number of carbonyl (C=O) groups is 2. The van der Waals surface area contributed by atoms with E-state index in [1.807, 2.05) is 4.90 Å². The van der Waals surface area contributed by atoms with E-state index in [1.54, 1.807) is 24.3 Å². The van der Waals surface area contributed by atoms with Crippen molar-refractivity contribution < 1.29 is 9.59 Å². The first-order chi connectivity index (χ1) is 9.13. The van der Waals surface area contributed by atoms with Crippen LogP contribution in [0.1, 0.15) is 6.42 Å². The second-order valence-electron chi connectivity index (χ2n) is 4.55. The van der Waals surface area contributed by atoms with E-state index in [4.69, 9.17) is 5.73 Å². The number of nitrogens with zero attached hydrogens (tertiary/aromatic N) is 1. The van der Waals surface area contributed by atoms with Gasteiger partial charge in [-0.1, -0.05) is 0 Å². The first-order valence-corrected chi connectivity index (χ1v) is 6.28. The summed E-state index contributed by atoms with van der Waals surface area (Å²) in [4.78, 5) is 25.0. The summed E-state index contributed by atoms with van der Waals surface area (Å²) < 4.78 is 0. The zero-order valence-electron chi connectivity index (χ0n) is 10.7. The number of carbonyl (C=O) groups excluding carboxylic acids is 2. The van der Waals surface area contributed by atoms with Crippen LogP contribution in [0, 0.1) is 0 Å². The maximum Gasteiger partial charge on any atom is 0.238 e. The number of amides is 2. The number of benzene rings is 1. The lowest BCUT2D eigenvalue weighted by Crippen LogP contribution is -2.35. The molecule has 0 aliphatic carbocycles. The summed E-state index contributed by atoms with van der Waals surface area (Å²) in [5.74, 6) is -0.0411. The molecular weight excluding hydrogens is 244 g/mol. The highest BCUT2D eigenvalue weighted by molar-refractivity contribution is 5.92. The maximum atomic E-state index is 11.9. The molecule has 19 heavy (non-hydrogen) atoms. The molecule has 0 bridgehead atoms. The topological polar surface area (TPSA) is 87.5 Å². The molecule has 1 fully saturated rings. The SMILES string of the molecule is Nc1ccc(NC(=O)CN2CCNC(=O)CC2)cc1. The highest BCUT2D eigenvalue weighted by atomic mass is 16.2. The Morgan fingerprint density at radius 2 is 2.05 bits per heavy atom. The molecule has 1 aliphatic heterocycles. The minimum absolute atomic E-state index is 0.0430. The molecule has 1 aromatic carbocycles. The van der Waals surface area contributed by atoms with E-state index < -0.39 is 0 Å². The van der Waals surface area contributed by atoms with Crippen molar-refractivity contribution in [3.63, 3.8) is 0 Å². The van der Waals surface area contributed by atoms with Crippen molar-refractivity contribution >= 4 is 23.2 Å². The van der Waals surface area contributed by atoms with Gasteiger partial charge in [0.25, 0.3) is 0 Å². The molecule has 0 atom stereocenters. The second kappa shape index (κ2) is 6.19. The summed E-state index contributed by atoms with van der Waals surface area (Å²) >= 11 is 0. The number of nitrogens with one attached hydrogen (secondary N) is 2. The van der Waals surface area contributed by atoms with Gasteiger partial charge < -0.3 is 16.4 Å². The summed E-state index contributed by atoms with van der Waals surface area (Å²) in [5, 5.41) is 5.58. The van der Waals surface area contributed by atoms with Gasteiger partial charge in [-0.15, -0.1) is 0 Å². The Labute approximate surface area is 112 Å². The summed E-state index contributed by atoms with van der Waals surface area (Å²) in [6.07, 6.45) is 0.440. The van der Waals surface area contributed by atoms with Gasteiger partial charge in [0.1, 0.15) is 0 Å². The van der Waals surface area contributed by atoms with Crippen LogP contribution in [-0.2, 0) is 9.59 Å². The largest absolute Gasteiger partial charge is 0.399 e. The van der Waals surface area contributed by atoms with Gasteiger partial charge in [-0.3, -0.25) is 14.5 Å². The molecule has 2 rings (SSSR count). The predicted molar refractivity (Wildman–Crippen MR) is 73.6 cm³/mol. The van der Waals surface area contributed by atoms with Gasteiger partial charge >= 0.3 is 0 Å². The van der Waals surface area contributed by atoms with Crippen molar-refractivity contribution in [2.75, 3.05) is 37.2 Å². The van der Waals surface area contributed by atoms with Crippen molar-refractivity contribution in [2.45, 2.75) is 6.42 Å². The van der Waals surface area contributed by atoms with Crippen LogP contribution in [0.5, 0.6) is 0 Å². The maximum absolute atomic E-state index is 11.9. The van der Waals surface area contributed by atoms with Crippen LogP contribution in [0.4, 0.5) is 11.4 Å². The van der Waals surface area contributed by atoms with Crippen molar-refractivity contribution in [3.05, 3.63) is 24.3 Å². The highest BCUT2D eigenvalue weighted by Gasteiger charge is 2.15. The predicted octanol–water partition coefficient (Wildman–Crippen LogP) is 0.0292. The Morgan fingerprint density at radius 3 is 2.79 bits per heavy atom. The van der Waals surface area contributed by atoms with Crippen LogP contribution in [-0.4, -0.2) is 42.9 Å². The Balaban J connectivity index is 1.83. The molecule has 0 aromatic heterocycles. The van der Waals surface area contributed by atoms with Gasteiger partial charge in [-0.25, -0.2) is 0 Å². The molecule has 1 heterocycles. The molecule has 1 aliphatic rings. The fraction of sp³-hybridized carbons (Fsp3) is 0.385. The third-order valence-corrected chi connectivity index (χ3v) is 2.97. The molecular formula is C13H18N4O2. The highest BCUT2D eigenvalue weighted by Crippen LogP contribution is 2.10. The quantitative estimate of drug-likeness (QED) is 0.671. The lowest BCUT2D eigenvalue weighted by Gasteiger charge is -2.18. The van der Waals surface area contributed by atoms with E-state index in [1.165, 1.54) is 0 Å². The van der Waals surface area contributed by atoms with Crippen LogP contribution in [0.2, 0.25) is 0 Å². The van der Waals surface area contributed by atoms with Gasteiger partial charge in [0.05, 0.1) is 6.54 Å².